The highest BCUT2D eigenvalue weighted by Crippen LogP contribution is 2.29. The fourth-order valence-electron chi connectivity index (χ4n) is 3.34. The monoisotopic (exact) mass is 386 g/mol. The molecule has 0 saturated carbocycles. The molecule has 7 nitrogen and oxygen atoms in total. The number of nitrogens with one attached hydrogen (secondary N) is 1. The Labute approximate surface area is 169 Å². The summed E-state index contributed by atoms with van der Waals surface area (Å²) >= 11 is 0. The third-order valence-electron chi connectivity index (χ3n) is 4.64. The number of hydrogen-bond donors (Lipinski definition) is 2. The van der Waals surface area contributed by atoms with Crippen LogP contribution in [0.2, 0.25) is 0 Å². The number of hydrogen-bond acceptors (Lipinski definition) is 7. The number of ether oxygens (including phenoxy) is 1. The van der Waals surface area contributed by atoms with Gasteiger partial charge in [0, 0.05) is 28.1 Å². The number of nitrogens with zero attached hydrogens (tertiary/aromatic N) is 4. The Morgan fingerprint density at radius 1 is 1.21 bits per heavy atom. The van der Waals surface area contributed by atoms with E-state index >= 15 is 0 Å². The van der Waals surface area contributed by atoms with Gasteiger partial charge in [-0.05, 0) is 63.6 Å². The molecule has 0 fully saturated rings. The summed E-state index contributed by atoms with van der Waals surface area (Å²) in [5, 5.41) is 25.8. The van der Waals surface area contributed by atoms with Crippen LogP contribution < -0.4 is 10.5 Å². The van der Waals surface area contributed by atoms with Gasteiger partial charge in [-0.1, -0.05) is 0 Å². The summed E-state index contributed by atoms with van der Waals surface area (Å²) in [6.45, 7) is 7.61. The van der Waals surface area contributed by atoms with Crippen molar-refractivity contribution >= 4 is 11.4 Å². The Morgan fingerprint density at radius 3 is 2.66 bits per heavy atom. The van der Waals surface area contributed by atoms with Crippen LogP contribution in [0.1, 0.15) is 52.4 Å². The van der Waals surface area contributed by atoms with E-state index in [9.17, 15) is 0 Å². The molecular weight excluding hydrogens is 364 g/mol. The number of nitrogens with two attached hydrogens (primary N) is 1. The number of rotatable bonds is 5. The van der Waals surface area contributed by atoms with Crippen LogP contribution in [0.25, 0.3) is 0 Å². The van der Waals surface area contributed by atoms with Gasteiger partial charge >= 0.3 is 0 Å². The van der Waals surface area contributed by atoms with E-state index in [1.54, 1.807) is 43.5 Å². The Bertz CT molecular complexity index is 1110. The van der Waals surface area contributed by atoms with E-state index in [-0.39, 0.29) is 17.5 Å². The molecule has 7 heteroatoms. The first-order valence-electron chi connectivity index (χ1n) is 9.13. The van der Waals surface area contributed by atoms with Crippen LogP contribution in [0, 0.1) is 37.5 Å². The summed E-state index contributed by atoms with van der Waals surface area (Å²) in [6.07, 6.45) is 1.47. The SMILES string of the molecule is Cc1cc(C(=N)c2cc(O[C@@H](C)c3c(C)cnnc3C)ccc2N)cc(C#N)n1. The van der Waals surface area contributed by atoms with E-state index in [1.165, 1.54) is 0 Å². The van der Waals surface area contributed by atoms with Crippen LogP contribution in [0.3, 0.4) is 0 Å². The van der Waals surface area contributed by atoms with Crippen molar-refractivity contribution in [2.75, 3.05) is 5.73 Å². The van der Waals surface area contributed by atoms with Crippen molar-refractivity contribution in [3.8, 4) is 11.8 Å². The number of aryl methyl sites for hydroxylation is 3. The number of aromatic nitrogens is 3. The second-order valence-corrected chi connectivity index (χ2v) is 6.91. The van der Waals surface area contributed by atoms with Crippen molar-refractivity contribution in [3.63, 3.8) is 0 Å². The minimum Gasteiger partial charge on any atom is -0.486 e. The van der Waals surface area contributed by atoms with Crippen molar-refractivity contribution in [1.82, 2.24) is 15.2 Å². The summed E-state index contributed by atoms with van der Waals surface area (Å²) in [6, 6.07) is 10.6. The van der Waals surface area contributed by atoms with Gasteiger partial charge in [-0.2, -0.15) is 15.5 Å². The van der Waals surface area contributed by atoms with Gasteiger partial charge in [0.2, 0.25) is 0 Å². The third-order valence-corrected chi connectivity index (χ3v) is 4.64. The van der Waals surface area contributed by atoms with Crippen molar-refractivity contribution in [2.45, 2.75) is 33.8 Å². The molecule has 0 unspecified atom stereocenters. The highest BCUT2D eigenvalue weighted by Gasteiger charge is 2.17. The number of pyridine rings is 1. The molecule has 0 aliphatic carbocycles. The highest BCUT2D eigenvalue weighted by molar-refractivity contribution is 6.14. The van der Waals surface area contributed by atoms with Crippen LogP contribution in [-0.4, -0.2) is 20.9 Å². The first-order chi connectivity index (χ1) is 13.8. The van der Waals surface area contributed by atoms with Crippen molar-refractivity contribution in [3.05, 3.63) is 75.9 Å². The molecule has 3 N–H and O–H groups in total. The molecule has 0 amide bonds. The van der Waals surface area contributed by atoms with Gasteiger partial charge < -0.3 is 10.5 Å². The van der Waals surface area contributed by atoms with Gasteiger partial charge in [0.15, 0.2) is 0 Å². The zero-order chi connectivity index (χ0) is 21.1. The third kappa shape index (κ3) is 4.22. The van der Waals surface area contributed by atoms with Crippen molar-refractivity contribution in [2.24, 2.45) is 0 Å². The Hall–Kier alpha value is -3.79. The standard InChI is InChI=1S/C22H22N6O/c1-12-11-26-28-14(3)21(12)15(4)29-18-5-6-20(24)19(9-18)22(25)16-7-13(2)27-17(8-16)10-23/h5-9,11,15,25H,24H2,1-4H3/t15-/m0/s1. The summed E-state index contributed by atoms with van der Waals surface area (Å²) in [4.78, 5) is 4.13. The van der Waals surface area contributed by atoms with Crippen LogP contribution in [0.5, 0.6) is 5.75 Å². The molecule has 0 bridgehead atoms. The Balaban J connectivity index is 1.93. The molecule has 1 aromatic carbocycles. The van der Waals surface area contributed by atoms with Crippen LogP contribution in [0.15, 0.2) is 36.5 Å². The van der Waals surface area contributed by atoms with Crippen LogP contribution >= 0.6 is 0 Å². The van der Waals surface area contributed by atoms with Gasteiger partial charge in [0.05, 0.1) is 17.6 Å². The average Bonchev–Trinajstić information content (AvgIpc) is 2.68. The lowest BCUT2D eigenvalue weighted by atomic mass is 10.00. The first-order valence-corrected chi connectivity index (χ1v) is 9.13. The molecule has 0 saturated heterocycles. The van der Waals surface area contributed by atoms with E-state index in [1.807, 2.05) is 26.8 Å². The largest absolute Gasteiger partial charge is 0.486 e. The predicted octanol–water partition coefficient (Wildman–Crippen LogP) is 3.81. The van der Waals surface area contributed by atoms with Crippen molar-refractivity contribution < 1.29 is 4.74 Å². The molecule has 3 rings (SSSR count). The van der Waals surface area contributed by atoms with Gasteiger partial charge in [-0.25, -0.2) is 4.98 Å². The maximum atomic E-state index is 9.15. The van der Waals surface area contributed by atoms with Crippen molar-refractivity contribution in [1.29, 1.82) is 10.7 Å². The van der Waals surface area contributed by atoms with E-state index in [2.05, 4.69) is 15.2 Å². The molecule has 1 atom stereocenters. The lowest BCUT2D eigenvalue weighted by Crippen LogP contribution is -2.11. The first kappa shape index (κ1) is 20.0. The topological polar surface area (TPSA) is 122 Å². The van der Waals surface area contributed by atoms with Gasteiger partial charge in [0.1, 0.15) is 23.6 Å². The number of nitriles is 1. The predicted molar refractivity (Wildman–Crippen MR) is 111 cm³/mol. The second-order valence-electron chi connectivity index (χ2n) is 6.91. The van der Waals surface area contributed by atoms with E-state index in [0.717, 1.165) is 16.8 Å². The lowest BCUT2D eigenvalue weighted by molar-refractivity contribution is 0.224. The second kappa shape index (κ2) is 8.07. The normalized spacial score (nSPS) is 11.6. The summed E-state index contributed by atoms with van der Waals surface area (Å²) in [5.74, 6) is 0.591. The van der Waals surface area contributed by atoms with E-state index in [0.29, 0.717) is 28.3 Å². The molecule has 2 heterocycles. The molecule has 29 heavy (non-hydrogen) atoms. The molecule has 0 radical (unpaired) electrons. The molecule has 146 valence electrons. The molecule has 2 aromatic heterocycles. The summed E-state index contributed by atoms with van der Waals surface area (Å²) in [5.41, 5.74) is 11.6. The van der Waals surface area contributed by atoms with Gasteiger partial charge in [-0.15, -0.1) is 0 Å². The van der Waals surface area contributed by atoms with Gasteiger partial charge in [0.25, 0.3) is 0 Å². The molecular formula is C22H22N6O. The zero-order valence-corrected chi connectivity index (χ0v) is 16.8. The van der Waals surface area contributed by atoms with E-state index < -0.39 is 0 Å². The molecule has 0 aliphatic heterocycles. The maximum Gasteiger partial charge on any atom is 0.141 e. The Kier molecular flexibility index (Phi) is 5.55. The van der Waals surface area contributed by atoms with E-state index in [4.69, 9.17) is 21.1 Å². The summed E-state index contributed by atoms with van der Waals surface area (Å²) < 4.78 is 6.13. The quantitative estimate of drug-likeness (QED) is 0.508. The zero-order valence-electron chi connectivity index (χ0n) is 16.8. The van der Waals surface area contributed by atoms with Gasteiger partial charge in [-0.3, -0.25) is 5.41 Å². The Morgan fingerprint density at radius 2 is 1.97 bits per heavy atom. The molecule has 0 spiro atoms. The number of benzene rings is 1. The smallest absolute Gasteiger partial charge is 0.141 e. The minimum absolute atomic E-state index is 0.209. The fraction of sp³-hybridized carbons (Fsp3) is 0.227. The molecule has 3 aromatic rings. The number of nitrogen functional groups attached to an aromatic ring is 1. The average molecular weight is 386 g/mol. The fourth-order valence-corrected chi connectivity index (χ4v) is 3.34. The van der Waals surface area contributed by atoms with Crippen LogP contribution in [0.4, 0.5) is 5.69 Å². The minimum atomic E-state index is -0.246. The van der Waals surface area contributed by atoms with Crippen LogP contribution in [-0.2, 0) is 0 Å². The molecule has 0 aliphatic rings. The maximum absolute atomic E-state index is 9.15. The lowest BCUT2D eigenvalue weighted by Gasteiger charge is -2.19. The highest BCUT2D eigenvalue weighted by atomic mass is 16.5. The summed E-state index contributed by atoms with van der Waals surface area (Å²) in [7, 11) is 0. The number of anilines is 1.